The Morgan fingerprint density at radius 3 is 2.07 bits per heavy atom. The lowest BCUT2D eigenvalue weighted by atomic mass is 9.93. The quantitative estimate of drug-likeness (QED) is 0.689. The van der Waals surface area contributed by atoms with Crippen molar-refractivity contribution >= 4 is 11.9 Å². The van der Waals surface area contributed by atoms with E-state index in [0.29, 0.717) is 6.61 Å². The summed E-state index contributed by atoms with van der Waals surface area (Å²) in [5.41, 5.74) is 0. The predicted molar refractivity (Wildman–Crippen MR) is 56.4 cm³/mol. The normalized spacial score (nSPS) is 12.9. The molecule has 0 aromatic rings. The molecule has 1 N–H and O–H groups in total. The maximum Gasteiger partial charge on any atom is 0.307 e. The fourth-order valence-electron chi connectivity index (χ4n) is 1.11. The maximum atomic E-state index is 11.3. The van der Waals surface area contributed by atoms with Crippen LogP contribution >= 0.6 is 0 Å². The minimum Gasteiger partial charge on any atom is -0.481 e. The molecule has 1 unspecified atom stereocenters. The zero-order valence-electron chi connectivity index (χ0n) is 9.82. The van der Waals surface area contributed by atoms with Gasteiger partial charge >= 0.3 is 11.9 Å². The summed E-state index contributed by atoms with van der Waals surface area (Å²) in [6, 6.07) is 0. The Morgan fingerprint density at radius 2 is 1.73 bits per heavy atom. The van der Waals surface area contributed by atoms with E-state index in [1.165, 1.54) is 0 Å². The summed E-state index contributed by atoms with van der Waals surface area (Å²) in [5.74, 6) is -1.80. The molecule has 0 aliphatic rings. The second-order valence-corrected chi connectivity index (χ2v) is 4.47. The van der Waals surface area contributed by atoms with Gasteiger partial charge in [-0.1, -0.05) is 27.7 Å². The van der Waals surface area contributed by atoms with Gasteiger partial charge in [0.15, 0.2) is 0 Å². The summed E-state index contributed by atoms with van der Waals surface area (Å²) in [5, 5.41) is 8.86. The van der Waals surface area contributed by atoms with E-state index in [1.54, 1.807) is 13.8 Å². The number of rotatable bonds is 6. The molecule has 4 nitrogen and oxygen atoms in total. The van der Waals surface area contributed by atoms with Crippen molar-refractivity contribution in [2.75, 3.05) is 6.61 Å². The Bertz CT molecular complexity index is 221. The van der Waals surface area contributed by atoms with E-state index in [1.807, 2.05) is 13.8 Å². The molecule has 15 heavy (non-hydrogen) atoms. The van der Waals surface area contributed by atoms with Crippen molar-refractivity contribution in [3.63, 3.8) is 0 Å². The summed E-state index contributed by atoms with van der Waals surface area (Å²) in [4.78, 5) is 22.1. The third-order valence-electron chi connectivity index (χ3n) is 2.09. The summed E-state index contributed by atoms with van der Waals surface area (Å²) in [6.07, 6.45) is -0.0419. The molecule has 0 aliphatic heterocycles. The molecule has 88 valence electrons. The van der Waals surface area contributed by atoms with E-state index >= 15 is 0 Å². The highest BCUT2D eigenvalue weighted by Gasteiger charge is 2.25. The zero-order valence-corrected chi connectivity index (χ0v) is 9.82. The first-order valence-corrected chi connectivity index (χ1v) is 5.23. The highest BCUT2D eigenvalue weighted by atomic mass is 16.5. The van der Waals surface area contributed by atoms with Gasteiger partial charge in [-0.25, -0.2) is 0 Å². The van der Waals surface area contributed by atoms with Gasteiger partial charge in [-0.05, 0) is 11.8 Å². The third-order valence-corrected chi connectivity index (χ3v) is 2.09. The zero-order chi connectivity index (χ0) is 12.0. The second kappa shape index (κ2) is 6.43. The van der Waals surface area contributed by atoms with Gasteiger partial charge in [-0.2, -0.15) is 0 Å². The minimum atomic E-state index is -0.938. The summed E-state index contributed by atoms with van der Waals surface area (Å²) in [7, 11) is 0. The lowest BCUT2D eigenvalue weighted by molar-refractivity contribution is -0.153. The number of carboxylic acids is 1. The van der Waals surface area contributed by atoms with Gasteiger partial charge in [-0.15, -0.1) is 0 Å². The molecule has 0 fully saturated rings. The van der Waals surface area contributed by atoms with Crippen molar-refractivity contribution in [2.24, 2.45) is 17.8 Å². The van der Waals surface area contributed by atoms with Crippen LogP contribution < -0.4 is 0 Å². The molecule has 0 heterocycles. The van der Waals surface area contributed by atoms with Gasteiger partial charge in [0.2, 0.25) is 0 Å². The van der Waals surface area contributed by atoms with Gasteiger partial charge in [0.25, 0.3) is 0 Å². The van der Waals surface area contributed by atoms with Crippen molar-refractivity contribution < 1.29 is 19.4 Å². The molecule has 0 bridgehead atoms. The van der Waals surface area contributed by atoms with Crippen LogP contribution in [0.3, 0.4) is 0 Å². The molecule has 0 spiro atoms. The SMILES string of the molecule is CC(C)COC(=O)CC(C(=O)O)C(C)C. The molecule has 0 aromatic carbocycles. The number of hydrogen-bond donors (Lipinski definition) is 1. The molecule has 0 aromatic heterocycles. The monoisotopic (exact) mass is 216 g/mol. The molecule has 0 saturated carbocycles. The average Bonchev–Trinajstić information content (AvgIpc) is 2.09. The largest absolute Gasteiger partial charge is 0.481 e. The molecule has 0 amide bonds. The van der Waals surface area contributed by atoms with Crippen LogP contribution in [0.25, 0.3) is 0 Å². The van der Waals surface area contributed by atoms with Gasteiger partial charge in [0.1, 0.15) is 0 Å². The van der Waals surface area contributed by atoms with E-state index in [4.69, 9.17) is 9.84 Å². The van der Waals surface area contributed by atoms with E-state index in [-0.39, 0.29) is 18.3 Å². The number of hydrogen-bond acceptors (Lipinski definition) is 3. The fourth-order valence-corrected chi connectivity index (χ4v) is 1.11. The Kier molecular flexibility index (Phi) is 5.97. The number of carboxylic acid groups (broad SMARTS) is 1. The van der Waals surface area contributed by atoms with Crippen molar-refractivity contribution in [1.82, 2.24) is 0 Å². The molecule has 1 atom stereocenters. The predicted octanol–water partition coefficient (Wildman–Crippen LogP) is 1.93. The topological polar surface area (TPSA) is 63.6 Å². The minimum absolute atomic E-state index is 0.0419. The van der Waals surface area contributed by atoms with Crippen LogP contribution in [0.4, 0.5) is 0 Å². The number of carbonyl (C=O) groups excluding carboxylic acids is 1. The molecule has 0 radical (unpaired) electrons. The summed E-state index contributed by atoms with van der Waals surface area (Å²) < 4.78 is 4.93. The number of carbonyl (C=O) groups is 2. The van der Waals surface area contributed by atoms with Gasteiger partial charge in [0, 0.05) is 0 Å². The third kappa shape index (κ3) is 6.10. The molecular formula is C11H20O4. The first-order chi connectivity index (χ1) is 6.84. The van der Waals surface area contributed by atoms with Crippen LogP contribution in [0.2, 0.25) is 0 Å². The van der Waals surface area contributed by atoms with Crippen molar-refractivity contribution in [3.8, 4) is 0 Å². The van der Waals surface area contributed by atoms with E-state index < -0.39 is 17.9 Å². The smallest absolute Gasteiger partial charge is 0.307 e. The maximum absolute atomic E-state index is 11.3. The van der Waals surface area contributed by atoms with E-state index in [0.717, 1.165) is 0 Å². The molecular weight excluding hydrogens is 196 g/mol. The second-order valence-electron chi connectivity index (χ2n) is 4.47. The standard InChI is InChI=1S/C11H20O4/c1-7(2)6-15-10(12)5-9(8(3)4)11(13)14/h7-9H,5-6H2,1-4H3,(H,13,14). The highest BCUT2D eigenvalue weighted by molar-refractivity contribution is 5.78. The molecule has 4 heteroatoms. The number of ether oxygens (including phenoxy) is 1. The Morgan fingerprint density at radius 1 is 1.20 bits per heavy atom. The molecule has 0 aliphatic carbocycles. The van der Waals surface area contributed by atoms with Crippen molar-refractivity contribution in [1.29, 1.82) is 0 Å². The van der Waals surface area contributed by atoms with E-state index in [2.05, 4.69) is 0 Å². The van der Waals surface area contributed by atoms with E-state index in [9.17, 15) is 9.59 Å². The fraction of sp³-hybridized carbons (Fsp3) is 0.818. The first-order valence-electron chi connectivity index (χ1n) is 5.23. The summed E-state index contributed by atoms with van der Waals surface area (Å²) >= 11 is 0. The van der Waals surface area contributed by atoms with Crippen molar-refractivity contribution in [3.05, 3.63) is 0 Å². The van der Waals surface area contributed by atoms with Gasteiger partial charge < -0.3 is 9.84 Å². The molecule has 0 rings (SSSR count). The van der Waals surface area contributed by atoms with Gasteiger partial charge in [-0.3, -0.25) is 9.59 Å². The van der Waals surface area contributed by atoms with Crippen LogP contribution in [-0.2, 0) is 14.3 Å². The van der Waals surface area contributed by atoms with Gasteiger partial charge in [0.05, 0.1) is 18.9 Å². The number of esters is 1. The summed E-state index contributed by atoms with van der Waals surface area (Å²) in [6.45, 7) is 7.79. The Balaban J connectivity index is 4.07. The Labute approximate surface area is 90.6 Å². The van der Waals surface area contributed by atoms with Crippen LogP contribution in [-0.4, -0.2) is 23.7 Å². The lowest BCUT2D eigenvalue weighted by Crippen LogP contribution is -2.24. The van der Waals surface area contributed by atoms with Crippen LogP contribution in [0, 0.1) is 17.8 Å². The average molecular weight is 216 g/mol. The van der Waals surface area contributed by atoms with Crippen LogP contribution in [0.15, 0.2) is 0 Å². The van der Waals surface area contributed by atoms with Crippen LogP contribution in [0.1, 0.15) is 34.1 Å². The Hall–Kier alpha value is -1.06. The highest BCUT2D eigenvalue weighted by Crippen LogP contribution is 2.16. The first kappa shape index (κ1) is 13.9. The van der Waals surface area contributed by atoms with Crippen molar-refractivity contribution in [2.45, 2.75) is 34.1 Å². The number of aliphatic carboxylic acids is 1. The lowest BCUT2D eigenvalue weighted by Gasteiger charge is -2.15. The van der Waals surface area contributed by atoms with Crippen LogP contribution in [0.5, 0.6) is 0 Å². The molecule has 0 saturated heterocycles.